The highest BCUT2D eigenvalue weighted by molar-refractivity contribution is 14.0. The number of nitrogens with one attached hydrogen (secondary N) is 1. The van der Waals surface area contributed by atoms with Gasteiger partial charge in [-0.15, -0.1) is 24.0 Å². The number of unbranched alkanes of at least 4 members (excludes halogenated alkanes) is 1. The lowest BCUT2D eigenvalue weighted by Crippen LogP contribution is -2.41. The minimum absolute atomic E-state index is 0. The van der Waals surface area contributed by atoms with Gasteiger partial charge in [0.1, 0.15) is 0 Å². The van der Waals surface area contributed by atoms with Crippen LogP contribution in [0.25, 0.3) is 0 Å². The minimum atomic E-state index is 0. The number of nitrogens with zero attached hydrogens (tertiary/aromatic N) is 2. The SMILES string of the molecule is CN=C(NCCCCC1CCCC1)N(C)CC1CCOC1.I. The summed E-state index contributed by atoms with van der Waals surface area (Å²) >= 11 is 0. The summed E-state index contributed by atoms with van der Waals surface area (Å²) < 4.78 is 5.45. The maximum atomic E-state index is 5.45. The molecule has 2 rings (SSSR count). The largest absolute Gasteiger partial charge is 0.381 e. The maximum Gasteiger partial charge on any atom is 0.193 e. The molecule has 0 aromatic rings. The Bertz CT molecular complexity index is 313. The van der Waals surface area contributed by atoms with Gasteiger partial charge >= 0.3 is 0 Å². The van der Waals surface area contributed by atoms with Gasteiger partial charge in [0.2, 0.25) is 0 Å². The van der Waals surface area contributed by atoms with E-state index in [9.17, 15) is 0 Å². The summed E-state index contributed by atoms with van der Waals surface area (Å²) in [4.78, 5) is 6.64. The average molecular weight is 423 g/mol. The lowest BCUT2D eigenvalue weighted by molar-refractivity contribution is 0.181. The zero-order chi connectivity index (χ0) is 14.9. The van der Waals surface area contributed by atoms with Gasteiger partial charge in [0, 0.05) is 39.7 Å². The molecule has 0 bridgehead atoms. The second-order valence-electron chi connectivity index (χ2n) is 6.73. The molecule has 0 radical (unpaired) electrons. The third-order valence-electron chi connectivity index (χ3n) is 4.93. The van der Waals surface area contributed by atoms with E-state index in [4.69, 9.17) is 4.74 Å². The van der Waals surface area contributed by atoms with Crippen LogP contribution in [0.3, 0.4) is 0 Å². The van der Waals surface area contributed by atoms with E-state index >= 15 is 0 Å². The number of hydrogen-bond donors (Lipinski definition) is 1. The molecule has 4 nitrogen and oxygen atoms in total. The fraction of sp³-hybridized carbons (Fsp3) is 0.941. The fourth-order valence-electron chi connectivity index (χ4n) is 3.64. The van der Waals surface area contributed by atoms with Gasteiger partial charge in [-0.2, -0.15) is 0 Å². The van der Waals surface area contributed by atoms with Crippen LogP contribution in [0.2, 0.25) is 0 Å². The Morgan fingerprint density at radius 1 is 1.18 bits per heavy atom. The van der Waals surface area contributed by atoms with E-state index in [0.717, 1.165) is 38.2 Å². The van der Waals surface area contributed by atoms with E-state index in [0.29, 0.717) is 5.92 Å². The molecule has 5 heteroatoms. The summed E-state index contributed by atoms with van der Waals surface area (Å²) in [6, 6.07) is 0. The van der Waals surface area contributed by atoms with E-state index in [1.165, 1.54) is 51.4 Å². The summed E-state index contributed by atoms with van der Waals surface area (Å²) in [6.07, 6.45) is 11.1. The first kappa shape index (κ1) is 20.0. The van der Waals surface area contributed by atoms with Gasteiger partial charge in [0.25, 0.3) is 0 Å². The molecular formula is C17H34IN3O. The smallest absolute Gasteiger partial charge is 0.193 e. The van der Waals surface area contributed by atoms with Gasteiger partial charge in [-0.05, 0) is 18.8 Å². The van der Waals surface area contributed by atoms with Crippen molar-refractivity contribution < 1.29 is 4.74 Å². The van der Waals surface area contributed by atoms with E-state index in [2.05, 4.69) is 22.3 Å². The van der Waals surface area contributed by atoms with E-state index in [-0.39, 0.29) is 24.0 Å². The Labute approximate surface area is 153 Å². The number of hydrogen-bond acceptors (Lipinski definition) is 2. The van der Waals surface area contributed by atoms with E-state index in [1.54, 1.807) is 0 Å². The van der Waals surface area contributed by atoms with Crippen molar-refractivity contribution in [1.82, 2.24) is 10.2 Å². The summed E-state index contributed by atoms with van der Waals surface area (Å²) in [5.74, 6) is 2.72. The molecule has 2 fully saturated rings. The Hall–Kier alpha value is -0.0400. The molecule has 0 spiro atoms. The number of halogens is 1. The van der Waals surface area contributed by atoms with Crippen LogP contribution in [0.5, 0.6) is 0 Å². The highest BCUT2D eigenvalue weighted by Gasteiger charge is 2.19. The van der Waals surface area contributed by atoms with Crippen LogP contribution < -0.4 is 5.32 Å². The van der Waals surface area contributed by atoms with Crippen molar-refractivity contribution in [2.24, 2.45) is 16.8 Å². The Kier molecular flexibility index (Phi) is 10.4. The first-order valence-electron chi connectivity index (χ1n) is 8.79. The third-order valence-corrected chi connectivity index (χ3v) is 4.93. The van der Waals surface area contributed by atoms with Gasteiger partial charge in [0.05, 0.1) is 6.61 Å². The fourth-order valence-corrected chi connectivity index (χ4v) is 3.64. The Morgan fingerprint density at radius 3 is 2.59 bits per heavy atom. The molecular weight excluding hydrogens is 389 g/mol. The molecule has 1 atom stereocenters. The van der Waals surface area contributed by atoms with Crippen LogP contribution in [0.4, 0.5) is 0 Å². The quantitative estimate of drug-likeness (QED) is 0.295. The van der Waals surface area contributed by atoms with Crippen molar-refractivity contribution >= 4 is 29.9 Å². The van der Waals surface area contributed by atoms with Crippen LogP contribution in [0, 0.1) is 11.8 Å². The molecule has 1 heterocycles. The number of aliphatic imine (C=N–C) groups is 1. The average Bonchev–Trinajstić information content (AvgIpc) is 3.16. The lowest BCUT2D eigenvalue weighted by atomic mass is 10.0. The zero-order valence-corrected chi connectivity index (χ0v) is 16.7. The molecule has 0 amide bonds. The maximum absolute atomic E-state index is 5.45. The van der Waals surface area contributed by atoms with Crippen LogP contribution in [0.15, 0.2) is 4.99 Å². The lowest BCUT2D eigenvalue weighted by Gasteiger charge is -2.24. The first-order chi connectivity index (χ1) is 10.3. The molecule has 22 heavy (non-hydrogen) atoms. The van der Waals surface area contributed by atoms with Gasteiger partial charge in [0.15, 0.2) is 5.96 Å². The third kappa shape index (κ3) is 7.02. The van der Waals surface area contributed by atoms with Crippen molar-refractivity contribution in [2.45, 2.75) is 51.4 Å². The summed E-state index contributed by atoms with van der Waals surface area (Å²) in [6.45, 7) is 3.92. The first-order valence-corrected chi connectivity index (χ1v) is 8.79. The standard InChI is InChI=1S/C17H33N3O.HI/c1-18-17(20(2)13-16-10-12-21-14-16)19-11-6-5-9-15-7-3-4-8-15;/h15-16H,3-14H2,1-2H3,(H,18,19);1H. The highest BCUT2D eigenvalue weighted by atomic mass is 127. The van der Waals surface area contributed by atoms with Crippen LogP contribution in [-0.4, -0.2) is 51.3 Å². The summed E-state index contributed by atoms with van der Waals surface area (Å²) in [5.41, 5.74) is 0. The number of rotatable bonds is 7. The predicted octanol–water partition coefficient (Wildman–Crippen LogP) is 3.51. The monoisotopic (exact) mass is 423 g/mol. The second kappa shape index (κ2) is 11.5. The minimum Gasteiger partial charge on any atom is -0.381 e. The molecule has 1 aliphatic heterocycles. The van der Waals surface area contributed by atoms with Crippen molar-refractivity contribution in [2.75, 3.05) is 40.4 Å². The molecule has 130 valence electrons. The Morgan fingerprint density at radius 2 is 1.95 bits per heavy atom. The second-order valence-corrected chi connectivity index (χ2v) is 6.73. The molecule has 1 saturated carbocycles. The number of ether oxygens (including phenoxy) is 1. The molecule has 1 aliphatic carbocycles. The molecule has 1 saturated heterocycles. The Balaban J connectivity index is 0.00000242. The zero-order valence-electron chi connectivity index (χ0n) is 14.4. The molecule has 1 unspecified atom stereocenters. The topological polar surface area (TPSA) is 36.9 Å². The van der Waals surface area contributed by atoms with Crippen molar-refractivity contribution in [3.8, 4) is 0 Å². The van der Waals surface area contributed by atoms with Crippen molar-refractivity contribution in [3.63, 3.8) is 0 Å². The van der Waals surface area contributed by atoms with Crippen LogP contribution >= 0.6 is 24.0 Å². The van der Waals surface area contributed by atoms with Gasteiger partial charge in [-0.1, -0.05) is 38.5 Å². The normalized spacial score (nSPS) is 22.6. The molecule has 1 N–H and O–H groups in total. The van der Waals surface area contributed by atoms with Gasteiger partial charge in [-0.25, -0.2) is 0 Å². The molecule has 0 aromatic heterocycles. The van der Waals surface area contributed by atoms with Gasteiger partial charge in [-0.3, -0.25) is 4.99 Å². The number of guanidine groups is 1. The molecule has 2 aliphatic rings. The van der Waals surface area contributed by atoms with E-state index < -0.39 is 0 Å². The van der Waals surface area contributed by atoms with Gasteiger partial charge < -0.3 is 15.0 Å². The van der Waals surface area contributed by atoms with Crippen LogP contribution in [-0.2, 0) is 4.74 Å². The van der Waals surface area contributed by atoms with Crippen molar-refractivity contribution in [1.29, 1.82) is 0 Å². The van der Waals surface area contributed by atoms with Crippen molar-refractivity contribution in [3.05, 3.63) is 0 Å². The summed E-state index contributed by atoms with van der Waals surface area (Å²) in [5, 5.41) is 3.50. The highest BCUT2D eigenvalue weighted by Crippen LogP contribution is 2.28. The molecule has 0 aromatic carbocycles. The van der Waals surface area contributed by atoms with E-state index in [1.807, 2.05) is 7.05 Å². The predicted molar refractivity (Wildman–Crippen MR) is 104 cm³/mol. The summed E-state index contributed by atoms with van der Waals surface area (Å²) in [7, 11) is 4.01. The van der Waals surface area contributed by atoms with Crippen LogP contribution in [0.1, 0.15) is 51.4 Å².